The number of hydrogen-bond donors (Lipinski definition) is 0. The molecule has 1 unspecified atom stereocenters. The van der Waals surface area contributed by atoms with E-state index in [4.69, 9.17) is 0 Å². The summed E-state index contributed by atoms with van der Waals surface area (Å²) in [5.74, 6) is 0.189. The first-order valence-corrected chi connectivity index (χ1v) is 8.17. The molecule has 3 nitrogen and oxygen atoms in total. The van der Waals surface area contributed by atoms with Crippen molar-refractivity contribution in [2.24, 2.45) is 4.99 Å². The minimum absolute atomic E-state index is 0.189. The Bertz CT molecular complexity index is 679. The first kappa shape index (κ1) is 15.5. The van der Waals surface area contributed by atoms with Gasteiger partial charge in [0.2, 0.25) is 5.91 Å². The van der Waals surface area contributed by atoms with Crippen LogP contribution in [0.5, 0.6) is 0 Å². The van der Waals surface area contributed by atoms with Crippen LogP contribution in [-0.2, 0) is 11.2 Å². The minimum Gasteiger partial charge on any atom is -0.339 e. The summed E-state index contributed by atoms with van der Waals surface area (Å²) in [7, 11) is 0. The van der Waals surface area contributed by atoms with Crippen LogP contribution in [0.4, 0.5) is 5.69 Å². The van der Waals surface area contributed by atoms with Gasteiger partial charge in [0.25, 0.3) is 0 Å². The zero-order valence-electron chi connectivity index (χ0n) is 13.5. The molecule has 3 heteroatoms. The summed E-state index contributed by atoms with van der Waals surface area (Å²) in [6, 6.07) is 20.4. The predicted molar refractivity (Wildman–Crippen MR) is 94.1 cm³/mol. The highest BCUT2D eigenvalue weighted by Crippen LogP contribution is 2.20. The number of hydrogen-bond acceptors (Lipinski definition) is 2. The number of para-hydroxylation sites is 1. The highest BCUT2D eigenvalue weighted by Gasteiger charge is 2.28. The van der Waals surface area contributed by atoms with E-state index in [0.717, 1.165) is 30.8 Å². The van der Waals surface area contributed by atoms with Gasteiger partial charge in [-0.25, -0.2) is 0 Å². The highest BCUT2D eigenvalue weighted by atomic mass is 16.2. The number of rotatable bonds is 4. The van der Waals surface area contributed by atoms with E-state index in [9.17, 15) is 4.79 Å². The number of aliphatic imine (C=N–C) groups is 1. The zero-order chi connectivity index (χ0) is 16.1. The van der Waals surface area contributed by atoms with Gasteiger partial charge in [-0.2, -0.15) is 0 Å². The number of carbonyl (C=O) groups is 1. The Morgan fingerprint density at radius 2 is 1.70 bits per heavy atom. The van der Waals surface area contributed by atoms with Gasteiger partial charge in [-0.3, -0.25) is 9.79 Å². The molecule has 2 aromatic rings. The smallest absolute Gasteiger partial charge is 0.228 e. The first-order valence-electron chi connectivity index (χ1n) is 8.17. The topological polar surface area (TPSA) is 32.7 Å². The molecule has 0 saturated carbocycles. The molecule has 2 aromatic carbocycles. The van der Waals surface area contributed by atoms with E-state index < -0.39 is 0 Å². The van der Waals surface area contributed by atoms with E-state index in [1.807, 2.05) is 53.4 Å². The zero-order valence-corrected chi connectivity index (χ0v) is 13.5. The van der Waals surface area contributed by atoms with Gasteiger partial charge in [-0.1, -0.05) is 48.5 Å². The second kappa shape index (κ2) is 7.23. The minimum atomic E-state index is 0.189. The van der Waals surface area contributed by atoms with E-state index in [1.165, 1.54) is 5.56 Å². The molecule has 1 saturated heterocycles. The summed E-state index contributed by atoms with van der Waals surface area (Å²) in [4.78, 5) is 19.1. The maximum Gasteiger partial charge on any atom is 0.228 e. The normalized spacial score (nSPS) is 20.0. The van der Waals surface area contributed by atoms with Crippen LogP contribution in [0.15, 0.2) is 65.7 Å². The summed E-state index contributed by atoms with van der Waals surface area (Å²) in [6.07, 6.45) is 2.20. The number of amides is 1. The molecule has 1 fully saturated rings. The number of nitrogens with zero attached hydrogens (tertiary/aromatic N) is 2. The lowest BCUT2D eigenvalue weighted by molar-refractivity contribution is -0.132. The maximum atomic E-state index is 12.5. The highest BCUT2D eigenvalue weighted by molar-refractivity contribution is 6.04. The van der Waals surface area contributed by atoms with Crippen LogP contribution < -0.4 is 0 Å². The standard InChI is InChI=1S/C20H22N2O/c1-16-14-19(21-18-10-6-3-7-11-18)15-20(23)22(16)13-12-17-8-4-2-5-9-17/h2-11,16H,12-15H2,1H3. The van der Waals surface area contributed by atoms with Crippen LogP contribution in [-0.4, -0.2) is 29.1 Å². The average Bonchev–Trinajstić information content (AvgIpc) is 2.56. The van der Waals surface area contributed by atoms with Crippen LogP contribution in [0.3, 0.4) is 0 Å². The van der Waals surface area contributed by atoms with Crippen molar-refractivity contribution in [2.45, 2.75) is 32.2 Å². The summed E-state index contributed by atoms with van der Waals surface area (Å²) >= 11 is 0. The van der Waals surface area contributed by atoms with E-state index in [-0.39, 0.29) is 11.9 Å². The third-order valence-corrected chi connectivity index (χ3v) is 4.27. The van der Waals surface area contributed by atoms with Crippen molar-refractivity contribution in [3.63, 3.8) is 0 Å². The molecular formula is C20H22N2O. The van der Waals surface area contributed by atoms with Crippen LogP contribution in [0, 0.1) is 0 Å². The molecule has 1 aliphatic heterocycles. The van der Waals surface area contributed by atoms with Gasteiger partial charge in [0.1, 0.15) is 0 Å². The Morgan fingerprint density at radius 1 is 1.04 bits per heavy atom. The first-order chi connectivity index (χ1) is 11.2. The molecule has 118 valence electrons. The van der Waals surface area contributed by atoms with E-state index >= 15 is 0 Å². The molecule has 0 aromatic heterocycles. The number of benzene rings is 2. The molecular weight excluding hydrogens is 284 g/mol. The Kier molecular flexibility index (Phi) is 4.86. The van der Waals surface area contributed by atoms with Crippen molar-refractivity contribution >= 4 is 17.3 Å². The largest absolute Gasteiger partial charge is 0.339 e. The van der Waals surface area contributed by atoms with Gasteiger partial charge in [-0.15, -0.1) is 0 Å². The van der Waals surface area contributed by atoms with Crippen LogP contribution in [0.2, 0.25) is 0 Å². The maximum absolute atomic E-state index is 12.5. The van der Waals surface area contributed by atoms with Crippen molar-refractivity contribution in [3.05, 3.63) is 66.2 Å². The fraction of sp³-hybridized carbons (Fsp3) is 0.300. The second-order valence-corrected chi connectivity index (χ2v) is 6.07. The van der Waals surface area contributed by atoms with Crippen molar-refractivity contribution in [3.8, 4) is 0 Å². The Morgan fingerprint density at radius 3 is 2.35 bits per heavy atom. The van der Waals surface area contributed by atoms with E-state index in [2.05, 4.69) is 24.0 Å². The lowest BCUT2D eigenvalue weighted by Crippen LogP contribution is -2.46. The van der Waals surface area contributed by atoms with Crippen LogP contribution >= 0.6 is 0 Å². The fourth-order valence-corrected chi connectivity index (χ4v) is 3.05. The molecule has 0 N–H and O–H groups in total. The molecule has 1 amide bonds. The monoisotopic (exact) mass is 306 g/mol. The summed E-state index contributed by atoms with van der Waals surface area (Å²) in [6.45, 7) is 2.89. The SMILES string of the molecule is CC1CC(=Nc2ccccc2)CC(=O)N1CCc1ccccc1. The molecule has 0 bridgehead atoms. The second-order valence-electron chi connectivity index (χ2n) is 6.07. The lowest BCUT2D eigenvalue weighted by atomic mass is 9.99. The van der Waals surface area contributed by atoms with Crippen molar-refractivity contribution < 1.29 is 4.79 Å². The van der Waals surface area contributed by atoms with E-state index in [0.29, 0.717) is 6.42 Å². The number of carbonyl (C=O) groups excluding carboxylic acids is 1. The molecule has 1 atom stereocenters. The van der Waals surface area contributed by atoms with Crippen LogP contribution in [0.1, 0.15) is 25.3 Å². The molecule has 0 radical (unpaired) electrons. The Balaban J connectivity index is 1.63. The van der Waals surface area contributed by atoms with Crippen LogP contribution in [0.25, 0.3) is 0 Å². The summed E-state index contributed by atoms with van der Waals surface area (Å²) in [5, 5.41) is 0. The molecule has 0 aliphatic carbocycles. The summed E-state index contributed by atoms with van der Waals surface area (Å²) < 4.78 is 0. The molecule has 23 heavy (non-hydrogen) atoms. The van der Waals surface area contributed by atoms with Gasteiger partial charge >= 0.3 is 0 Å². The molecule has 3 rings (SSSR count). The number of piperidine rings is 1. The fourth-order valence-electron chi connectivity index (χ4n) is 3.05. The quantitative estimate of drug-likeness (QED) is 0.840. The van der Waals surface area contributed by atoms with Crippen molar-refractivity contribution in [1.29, 1.82) is 0 Å². The van der Waals surface area contributed by atoms with Gasteiger partial charge in [0, 0.05) is 24.7 Å². The van der Waals surface area contributed by atoms with Gasteiger partial charge < -0.3 is 4.90 Å². The third-order valence-electron chi connectivity index (χ3n) is 4.27. The summed E-state index contributed by atoms with van der Waals surface area (Å²) in [5.41, 5.74) is 3.20. The Labute approximate surface area is 137 Å². The Hall–Kier alpha value is -2.42. The molecule has 1 heterocycles. The lowest BCUT2D eigenvalue weighted by Gasteiger charge is -2.34. The van der Waals surface area contributed by atoms with Crippen molar-refractivity contribution in [2.75, 3.05) is 6.54 Å². The molecule has 1 aliphatic rings. The number of likely N-dealkylation sites (tertiary alicyclic amines) is 1. The van der Waals surface area contributed by atoms with Gasteiger partial charge in [0.05, 0.1) is 12.1 Å². The van der Waals surface area contributed by atoms with Crippen molar-refractivity contribution in [1.82, 2.24) is 4.90 Å². The average molecular weight is 306 g/mol. The predicted octanol–water partition coefficient (Wildman–Crippen LogP) is 4.01. The molecule has 0 spiro atoms. The van der Waals surface area contributed by atoms with Gasteiger partial charge in [-0.05, 0) is 31.0 Å². The van der Waals surface area contributed by atoms with Gasteiger partial charge in [0.15, 0.2) is 0 Å². The third kappa shape index (κ3) is 4.07. The van der Waals surface area contributed by atoms with E-state index in [1.54, 1.807) is 0 Å².